The second kappa shape index (κ2) is 7.78. The molecule has 0 saturated carbocycles. The summed E-state index contributed by atoms with van der Waals surface area (Å²) in [6.45, 7) is 2.56. The zero-order valence-electron chi connectivity index (χ0n) is 12.2. The highest BCUT2D eigenvalue weighted by Crippen LogP contribution is 2.30. The molecule has 0 N–H and O–H groups in total. The highest BCUT2D eigenvalue weighted by Gasteiger charge is 2.05. The molecular formula is C16H19NO3S. The lowest BCUT2D eigenvalue weighted by Gasteiger charge is -2.01. The third kappa shape index (κ3) is 4.86. The van der Waals surface area contributed by atoms with Crippen molar-refractivity contribution in [2.24, 2.45) is 0 Å². The number of hydrogen-bond acceptors (Lipinski definition) is 4. The summed E-state index contributed by atoms with van der Waals surface area (Å²) >= 11 is 1.51. The molecule has 4 nitrogen and oxygen atoms in total. The summed E-state index contributed by atoms with van der Waals surface area (Å²) in [5, 5.41) is 12.3. The summed E-state index contributed by atoms with van der Waals surface area (Å²) in [5.41, 5.74) is 0. The fourth-order valence-corrected chi connectivity index (χ4v) is 2.52. The zero-order chi connectivity index (χ0) is 15.1. The minimum Gasteiger partial charge on any atom is -0.624 e. The quantitative estimate of drug-likeness (QED) is 0.333. The molecule has 0 aliphatic rings. The molecule has 112 valence electrons. The number of furan rings is 1. The summed E-state index contributed by atoms with van der Waals surface area (Å²) in [4.78, 5) is 1.06. The molecule has 0 spiro atoms. The largest absolute Gasteiger partial charge is 0.624 e. The van der Waals surface area contributed by atoms with E-state index in [9.17, 15) is 5.21 Å². The average Bonchev–Trinajstić information content (AvgIpc) is 2.93. The maximum atomic E-state index is 11.6. The van der Waals surface area contributed by atoms with Gasteiger partial charge in [-0.3, -0.25) is 0 Å². The summed E-state index contributed by atoms with van der Waals surface area (Å²) < 4.78 is 11.7. The monoisotopic (exact) mass is 305 g/mol. The van der Waals surface area contributed by atoms with Crippen LogP contribution in [0.1, 0.15) is 25.5 Å². The molecule has 0 atom stereocenters. The van der Waals surface area contributed by atoms with Gasteiger partial charge in [0.25, 0.3) is 0 Å². The third-order valence-electron chi connectivity index (χ3n) is 2.88. The molecule has 0 saturated heterocycles. The Hall–Kier alpha value is -1.88. The van der Waals surface area contributed by atoms with Crippen molar-refractivity contribution in [3.05, 3.63) is 47.4 Å². The molecule has 0 fully saturated rings. The van der Waals surface area contributed by atoms with Crippen LogP contribution >= 0.6 is 11.8 Å². The lowest BCUT2D eigenvalue weighted by atomic mass is 10.3. The van der Waals surface area contributed by atoms with E-state index in [4.69, 9.17) is 9.15 Å². The van der Waals surface area contributed by atoms with Gasteiger partial charge < -0.3 is 14.4 Å². The van der Waals surface area contributed by atoms with Crippen molar-refractivity contribution in [3.63, 3.8) is 0 Å². The van der Waals surface area contributed by atoms with E-state index >= 15 is 0 Å². The van der Waals surface area contributed by atoms with Crippen LogP contribution in [-0.2, 0) is 0 Å². The first-order valence-corrected chi connectivity index (χ1v) is 7.73. The fourth-order valence-electron chi connectivity index (χ4n) is 1.74. The molecular weight excluding hydrogens is 286 g/mol. The van der Waals surface area contributed by atoms with Gasteiger partial charge in [-0.1, -0.05) is 25.1 Å². The van der Waals surface area contributed by atoms with E-state index in [0.717, 1.165) is 33.3 Å². The van der Waals surface area contributed by atoms with Gasteiger partial charge >= 0.3 is 0 Å². The number of methoxy groups -OCH3 is 1. The van der Waals surface area contributed by atoms with E-state index in [-0.39, 0.29) is 0 Å². The minimum atomic E-state index is 0.498. The zero-order valence-corrected chi connectivity index (χ0v) is 13.1. The first-order chi connectivity index (χ1) is 10.2. The van der Waals surface area contributed by atoms with Crippen LogP contribution in [0.2, 0.25) is 0 Å². The number of ether oxygens (including phenoxy) is 1. The van der Waals surface area contributed by atoms with Crippen molar-refractivity contribution < 1.29 is 13.9 Å². The maximum absolute atomic E-state index is 11.6. The van der Waals surface area contributed by atoms with Crippen molar-refractivity contribution >= 4 is 18.0 Å². The van der Waals surface area contributed by atoms with Crippen molar-refractivity contribution in [1.82, 2.24) is 0 Å². The van der Waals surface area contributed by atoms with E-state index in [1.807, 2.05) is 36.4 Å². The minimum absolute atomic E-state index is 0.498. The summed E-state index contributed by atoms with van der Waals surface area (Å²) in [5.74, 6) is 1.41. The Labute approximate surface area is 129 Å². The molecule has 1 heterocycles. The second-order valence-electron chi connectivity index (χ2n) is 4.56. The lowest BCUT2D eigenvalue weighted by Crippen LogP contribution is -2.06. The van der Waals surface area contributed by atoms with Gasteiger partial charge in [0.05, 0.1) is 7.11 Å². The van der Waals surface area contributed by atoms with Crippen LogP contribution in [-0.4, -0.2) is 24.6 Å². The molecule has 0 amide bonds. The van der Waals surface area contributed by atoms with Crippen LogP contribution in [0.3, 0.4) is 0 Å². The molecule has 1 aromatic heterocycles. The maximum Gasteiger partial charge on any atom is 0.217 e. The fraction of sp³-hybridized carbons (Fsp3) is 0.312. The Morgan fingerprint density at radius 2 is 2.00 bits per heavy atom. The first kappa shape index (κ1) is 15.5. The number of benzene rings is 1. The summed E-state index contributed by atoms with van der Waals surface area (Å²) in [6, 6.07) is 11.4. The molecule has 5 heteroatoms. The number of unbranched alkanes of at least 4 members (excludes halogenated alkanes) is 1. The van der Waals surface area contributed by atoms with E-state index < -0.39 is 0 Å². The standard InChI is InChI=1S/C16H19NO3S/c1-3-4-11-17(18)12-14-7-10-16(20-14)21-15-8-5-13(19-2)6-9-15/h5-10,12H,3-4,11H2,1-2H3/b17-12-. The Morgan fingerprint density at radius 3 is 2.67 bits per heavy atom. The highest BCUT2D eigenvalue weighted by atomic mass is 32.2. The second-order valence-corrected chi connectivity index (χ2v) is 5.64. The average molecular weight is 305 g/mol. The molecule has 1 aromatic carbocycles. The Bertz CT molecular complexity index is 590. The lowest BCUT2D eigenvalue weighted by molar-refractivity contribution is -0.453. The van der Waals surface area contributed by atoms with Gasteiger partial charge in [0.15, 0.2) is 17.4 Å². The number of nitrogens with zero attached hydrogens (tertiary/aromatic N) is 1. The molecule has 21 heavy (non-hydrogen) atoms. The Morgan fingerprint density at radius 1 is 1.24 bits per heavy atom. The molecule has 0 aliphatic carbocycles. The molecule has 2 rings (SSSR count). The van der Waals surface area contributed by atoms with Gasteiger partial charge in [0, 0.05) is 11.3 Å². The van der Waals surface area contributed by atoms with E-state index in [1.165, 1.54) is 18.0 Å². The Balaban J connectivity index is 1.99. The van der Waals surface area contributed by atoms with E-state index in [0.29, 0.717) is 12.3 Å². The predicted octanol–water partition coefficient (Wildman–Crippen LogP) is 4.17. The van der Waals surface area contributed by atoms with Gasteiger partial charge in [-0.15, -0.1) is 0 Å². The van der Waals surface area contributed by atoms with Gasteiger partial charge in [-0.2, -0.15) is 0 Å². The Kier molecular flexibility index (Phi) is 5.75. The molecule has 0 radical (unpaired) electrons. The smallest absolute Gasteiger partial charge is 0.217 e. The number of hydrogen-bond donors (Lipinski definition) is 0. The first-order valence-electron chi connectivity index (χ1n) is 6.91. The molecule has 0 bridgehead atoms. The normalized spacial score (nSPS) is 11.6. The number of hydroxylamine groups is 1. The van der Waals surface area contributed by atoms with Crippen LogP contribution in [0.5, 0.6) is 5.75 Å². The third-order valence-corrected chi connectivity index (χ3v) is 3.81. The van der Waals surface area contributed by atoms with Crippen LogP contribution in [0.15, 0.2) is 50.8 Å². The predicted molar refractivity (Wildman–Crippen MR) is 84.4 cm³/mol. The SMILES string of the molecule is CCCC/[N+]([O-])=C/c1ccc(Sc2ccc(OC)cc2)o1. The van der Waals surface area contributed by atoms with Crippen LogP contribution in [0.25, 0.3) is 0 Å². The summed E-state index contributed by atoms with van der Waals surface area (Å²) in [7, 11) is 1.64. The van der Waals surface area contributed by atoms with Crippen LogP contribution < -0.4 is 4.74 Å². The van der Waals surface area contributed by atoms with E-state index in [1.54, 1.807) is 7.11 Å². The van der Waals surface area contributed by atoms with Crippen molar-refractivity contribution in [3.8, 4) is 5.75 Å². The van der Waals surface area contributed by atoms with Gasteiger partial charge in [0.2, 0.25) is 6.21 Å². The summed E-state index contributed by atoms with van der Waals surface area (Å²) in [6.07, 6.45) is 3.38. The highest BCUT2D eigenvalue weighted by molar-refractivity contribution is 7.99. The van der Waals surface area contributed by atoms with Gasteiger partial charge in [-0.05, 0) is 36.4 Å². The van der Waals surface area contributed by atoms with Crippen molar-refractivity contribution in [2.45, 2.75) is 29.8 Å². The van der Waals surface area contributed by atoms with Crippen LogP contribution in [0, 0.1) is 5.21 Å². The van der Waals surface area contributed by atoms with Gasteiger partial charge in [-0.25, -0.2) is 4.74 Å². The van der Waals surface area contributed by atoms with E-state index in [2.05, 4.69) is 6.92 Å². The molecule has 0 unspecified atom stereocenters. The topological polar surface area (TPSA) is 48.4 Å². The molecule has 2 aromatic rings. The number of rotatable bonds is 7. The van der Waals surface area contributed by atoms with Gasteiger partial charge in [0.1, 0.15) is 5.75 Å². The van der Waals surface area contributed by atoms with Crippen LogP contribution in [0.4, 0.5) is 0 Å². The van der Waals surface area contributed by atoms with Crippen molar-refractivity contribution in [1.29, 1.82) is 0 Å². The van der Waals surface area contributed by atoms with Crippen molar-refractivity contribution in [2.75, 3.05) is 13.7 Å². The molecule has 0 aliphatic heterocycles.